The maximum absolute atomic E-state index is 2.31. The maximum Gasteiger partial charge on any atom is -0.00132 e. The molecule has 0 heteroatoms. The van der Waals surface area contributed by atoms with Crippen molar-refractivity contribution in [1.82, 2.24) is 0 Å². The van der Waals surface area contributed by atoms with Gasteiger partial charge in [-0.05, 0) is 39.8 Å². The van der Waals surface area contributed by atoms with Crippen molar-refractivity contribution in [3.05, 3.63) is 95.1 Å². The quantitative estimate of drug-likeness (QED) is 0.425. The average Bonchev–Trinajstić information content (AvgIpc) is 2.91. The van der Waals surface area contributed by atoms with Gasteiger partial charge in [0.1, 0.15) is 0 Å². The predicted octanol–water partition coefficient (Wildman–Crippen LogP) is 5.43. The van der Waals surface area contributed by atoms with E-state index in [-0.39, 0.29) is 0 Å². The molecule has 0 radical (unpaired) electrons. The third kappa shape index (κ3) is 2.30. The molecule has 21 heavy (non-hydrogen) atoms. The second-order valence-electron chi connectivity index (χ2n) is 5.49. The van der Waals surface area contributed by atoms with Crippen LogP contribution in [0.3, 0.4) is 0 Å². The van der Waals surface area contributed by atoms with Crippen LogP contribution in [0, 0.1) is 0 Å². The van der Waals surface area contributed by atoms with Crippen LogP contribution in [-0.2, 0) is 6.42 Å². The first-order valence-corrected chi connectivity index (χ1v) is 7.34. The summed E-state index contributed by atoms with van der Waals surface area (Å²) in [5.41, 5.74) is 8.17. The third-order valence-corrected chi connectivity index (χ3v) is 4.09. The second kappa shape index (κ2) is 5.06. The van der Waals surface area contributed by atoms with Gasteiger partial charge in [0, 0.05) is 0 Å². The van der Waals surface area contributed by atoms with E-state index in [1.165, 1.54) is 33.4 Å². The van der Waals surface area contributed by atoms with E-state index in [2.05, 4.69) is 78.9 Å². The molecule has 0 unspecified atom stereocenters. The highest BCUT2D eigenvalue weighted by Crippen LogP contribution is 2.36. The Bertz CT molecular complexity index is 810. The minimum absolute atomic E-state index is 1.05. The molecular weight excluding hydrogens is 252 g/mol. The van der Waals surface area contributed by atoms with Crippen LogP contribution in [0.5, 0.6) is 0 Å². The highest BCUT2D eigenvalue weighted by molar-refractivity contribution is 5.79. The molecule has 100 valence electrons. The van der Waals surface area contributed by atoms with Gasteiger partial charge in [-0.1, -0.05) is 84.9 Å². The number of rotatable bonds is 2. The third-order valence-electron chi connectivity index (χ3n) is 4.09. The molecule has 0 heterocycles. The van der Waals surface area contributed by atoms with Gasteiger partial charge in [0.05, 0.1) is 0 Å². The molecule has 1 aliphatic rings. The lowest BCUT2D eigenvalue weighted by atomic mass is 10.0. The summed E-state index contributed by atoms with van der Waals surface area (Å²) >= 11 is 0. The summed E-state index contributed by atoms with van der Waals surface area (Å²) in [5, 5.41) is 0. The minimum Gasteiger partial charge on any atom is -0.0622 e. The van der Waals surface area contributed by atoms with Crippen LogP contribution in [0.2, 0.25) is 0 Å². The molecule has 3 aromatic rings. The Balaban J connectivity index is 1.66. The fourth-order valence-corrected chi connectivity index (χ4v) is 3.03. The lowest BCUT2D eigenvalue weighted by Crippen LogP contribution is -1.81. The molecular formula is C21H16. The molecule has 0 nitrogen and oxygen atoms in total. The zero-order valence-corrected chi connectivity index (χ0v) is 11.8. The lowest BCUT2D eigenvalue weighted by Gasteiger charge is -2.02. The van der Waals surface area contributed by atoms with Gasteiger partial charge in [0.15, 0.2) is 0 Å². The highest BCUT2D eigenvalue weighted by Gasteiger charge is 2.17. The molecule has 3 aromatic carbocycles. The van der Waals surface area contributed by atoms with Crippen molar-refractivity contribution in [3.8, 4) is 11.1 Å². The van der Waals surface area contributed by atoms with Crippen molar-refractivity contribution < 1.29 is 0 Å². The Morgan fingerprint density at radius 3 is 2.19 bits per heavy atom. The fraction of sp³-hybridized carbons (Fsp3) is 0.0476. The molecule has 0 aromatic heterocycles. The van der Waals surface area contributed by atoms with E-state index in [0.717, 1.165) is 6.42 Å². The highest BCUT2D eigenvalue weighted by atomic mass is 14.2. The van der Waals surface area contributed by atoms with E-state index >= 15 is 0 Å². The van der Waals surface area contributed by atoms with Crippen LogP contribution in [0.4, 0.5) is 0 Å². The Labute approximate surface area is 125 Å². The maximum atomic E-state index is 2.31. The normalized spacial score (nSPS) is 12.4. The standard InChI is InChI=1S/C21H16/c1-2-6-16(7-3-1)10-11-17-12-13-21-19(14-17)15-18-8-4-5-9-20(18)21/h1-14H,15H2. The molecule has 0 aliphatic heterocycles. The van der Waals surface area contributed by atoms with Crippen LogP contribution >= 0.6 is 0 Å². The Morgan fingerprint density at radius 1 is 0.571 bits per heavy atom. The van der Waals surface area contributed by atoms with Crippen LogP contribution < -0.4 is 0 Å². The van der Waals surface area contributed by atoms with E-state index in [4.69, 9.17) is 0 Å². The molecule has 0 N–H and O–H groups in total. The predicted molar refractivity (Wildman–Crippen MR) is 90.1 cm³/mol. The number of fused-ring (bicyclic) bond motifs is 3. The first-order chi connectivity index (χ1) is 10.4. The summed E-state index contributed by atoms with van der Waals surface area (Å²) in [4.78, 5) is 0. The van der Waals surface area contributed by atoms with Crippen LogP contribution in [0.1, 0.15) is 22.3 Å². The summed E-state index contributed by atoms with van der Waals surface area (Å²) in [6, 6.07) is 25.9. The monoisotopic (exact) mass is 268 g/mol. The summed E-state index contributed by atoms with van der Waals surface area (Å²) in [7, 11) is 0. The summed E-state index contributed by atoms with van der Waals surface area (Å²) in [5.74, 6) is 0. The van der Waals surface area contributed by atoms with E-state index in [1.54, 1.807) is 0 Å². The van der Waals surface area contributed by atoms with Gasteiger partial charge in [0.25, 0.3) is 0 Å². The Hall–Kier alpha value is -2.60. The lowest BCUT2D eigenvalue weighted by molar-refractivity contribution is 1.26. The van der Waals surface area contributed by atoms with Crippen molar-refractivity contribution in [1.29, 1.82) is 0 Å². The van der Waals surface area contributed by atoms with Crippen molar-refractivity contribution >= 4 is 12.2 Å². The molecule has 4 rings (SSSR count). The SMILES string of the molecule is C(=Cc1ccc2c(c1)Cc1ccccc1-2)c1ccccc1. The summed E-state index contributed by atoms with van der Waals surface area (Å²) < 4.78 is 0. The summed E-state index contributed by atoms with van der Waals surface area (Å²) in [6.07, 6.45) is 5.42. The largest absolute Gasteiger partial charge is 0.0622 e. The number of hydrogen-bond donors (Lipinski definition) is 0. The zero-order chi connectivity index (χ0) is 14.1. The van der Waals surface area contributed by atoms with Crippen LogP contribution in [0.15, 0.2) is 72.8 Å². The second-order valence-corrected chi connectivity index (χ2v) is 5.49. The fourth-order valence-electron chi connectivity index (χ4n) is 3.03. The van der Waals surface area contributed by atoms with Crippen molar-refractivity contribution in [2.45, 2.75) is 6.42 Å². The van der Waals surface area contributed by atoms with Gasteiger partial charge in [-0.25, -0.2) is 0 Å². The van der Waals surface area contributed by atoms with Gasteiger partial charge < -0.3 is 0 Å². The molecule has 0 amide bonds. The Morgan fingerprint density at radius 2 is 1.29 bits per heavy atom. The smallest absolute Gasteiger partial charge is 0.00132 e. The van der Waals surface area contributed by atoms with E-state index in [0.29, 0.717) is 0 Å². The van der Waals surface area contributed by atoms with Crippen LogP contribution in [-0.4, -0.2) is 0 Å². The van der Waals surface area contributed by atoms with Crippen molar-refractivity contribution in [2.75, 3.05) is 0 Å². The van der Waals surface area contributed by atoms with Gasteiger partial charge in [-0.15, -0.1) is 0 Å². The first kappa shape index (κ1) is 12.2. The number of benzene rings is 3. The molecule has 0 fully saturated rings. The van der Waals surface area contributed by atoms with Crippen molar-refractivity contribution in [2.24, 2.45) is 0 Å². The molecule has 0 saturated carbocycles. The zero-order valence-electron chi connectivity index (χ0n) is 11.8. The van der Waals surface area contributed by atoms with E-state index in [1.807, 2.05) is 6.07 Å². The van der Waals surface area contributed by atoms with Gasteiger partial charge >= 0.3 is 0 Å². The first-order valence-electron chi connectivity index (χ1n) is 7.34. The van der Waals surface area contributed by atoms with Gasteiger partial charge in [-0.2, -0.15) is 0 Å². The summed E-state index contributed by atoms with van der Waals surface area (Å²) in [6.45, 7) is 0. The molecule has 0 atom stereocenters. The van der Waals surface area contributed by atoms with Crippen molar-refractivity contribution in [3.63, 3.8) is 0 Å². The van der Waals surface area contributed by atoms with E-state index < -0.39 is 0 Å². The minimum atomic E-state index is 1.05. The van der Waals surface area contributed by atoms with Gasteiger partial charge in [0.2, 0.25) is 0 Å². The number of hydrogen-bond acceptors (Lipinski definition) is 0. The molecule has 0 saturated heterocycles. The molecule has 1 aliphatic carbocycles. The Kier molecular flexibility index (Phi) is 2.93. The molecule has 0 bridgehead atoms. The topological polar surface area (TPSA) is 0 Å². The van der Waals surface area contributed by atoms with Gasteiger partial charge in [-0.3, -0.25) is 0 Å². The van der Waals surface area contributed by atoms with Crippen LogP contribution in [0.25, 0.3) is 23.3 Å². The van der Waals surface area contributed by atoms with E-state index in [9.17, 15) is 0 Å². The molecule has 0 spiro atoms. The average molecular weight is 268 g/mol.